The molecule has 1 saturated carbocycles. The maximum atomic E-state index is 12.5. The molecule has 0 N–H and O–H groups in total. The van der Waals surface area contributed by atoms with Crippen LogP contribution in [0.3, 0.4) is 0 Å². The van der Waals surface area contributed by atoms with Gasteiger partial charge in [0.05, 0.1) is 37.0 Å². The molecule has 0 radical (unpaired) electrons. The van der Waals surface area contributed by atoms with Crippen molar-refractivity contribution in [2.45, 2.75) is 66.2 Å². The van der Waals surface area contributed by atoms with Crippen LogP contribution in [-0.2, 0) is 19.1 Å². The minimum Gasteiger partial charge on any atom is -0.466 e. The summed E-state index contributed by atoms with van der Waals surface area (Å²) in [5.41, 5.74) is -0.534. The van der Waals surface area contributed by atoms with Crippen LogP contribution in [0.2, 0.25) is 0 Å². The van der Waals surface area contributed by atoms with Crippen LogP contribution >= 0.6 is 0 Å². The van der Waals surface area contributed by atoms with Crippen LogP contribution in [0.25, 0.3) is 0 Å². The number of rotatable bonds is 9. The highest BCUT2D eigenvalue weighted by molar-refractivity contribution is 5.80. The SMILES string of the molecule is CCOC(=O)CC(C(=O)OCC)C1CCCC1(C#N)CCC(C)C. The van der Waals surface area contributed by atoms with Gasteiger partial charge in [-0.3, -0.25) is 9.59 Å². The highest BCUT2D eigenvalue weighted by atomic mass is 16.5. The van der Waals surface area contributed by atoms with Crippen molar-refractivity contribution in [3.8, 4) is 6.07 Å². The van der Waals surface area contributed by atoms with Crippen molar-refractivity contribution in [3.63, 3.8) is 0 Å². The Labute approximate surface area is 145 Å². The van der Waals surface area contributed by atoms with Gasteiger partial charge in [-0.1, -0.05) is 20.3 Å². The van der Waals surface area contributed by atoms with Gasteiger partial charge in [0, 0.05) is 0 Å². The van der Waals surface area contributed by atoms with E-state index in [-0.39, 0.29) is 31.5 Å². The summed E-state index contributed by atoms with van der Waals surface area (Å²) in [7, 11) is 0. The Hall–Kier alpha value is -1.57. The van der Waals surface area contributed by atoms with Crippen LogP contribution in [0, 0.1) is 34.5 Å². The minimum absolute atomic E-state index is 0.00243. The summed E-state index contributed by atoms with van der Waals surface area (Å²) in [4.78, 5) is 24.4. The van der Waals surface area contributed by atoms with Gasteiger partial charge in [-0.25, -0.2) is 0 Å². The normalized spacial score (nSPS) is 24.4. The van der Waals surface area contributed by atoms with E-state index in [1.807, 2.05) is 0 Å². The van der Waals surface area contributed by atoms with E-state index < -0.39 is 17.3 Å². The first-order valence-electron chi connectivity index (χ1n) is 9.13. The second-order valence-corrected chi connectivity index (χ2v) is 7.07. The van der Waals surface area contributed by atoms with Gasteiger partial charge >= 0.3 is 11.9 Å². The zero-order valence-electron chi connectivity index (χ0n) is 15.5. The molecule has 136 valence electrons. The molecule has 0 aromatic rings. The third-order valence-electron chi connectivity index (χ3n) is 5.01. The van der Waals surface area contributed by atoms with Crippen molar-refractivity contribution >= 4 is 11.9 Å². The summed E-state index contributed by atoms with van der Waals surface area (Å²) in [5.74, 6) is -0.981. The molecule has 24 heavy (non-hydrogen) atoms. The number of carbonyl (C=O) groups is 2. The van der Waals surface area contributed by atoms with E-state index in [9.17, 15) is 14.9 Å². The zero-order valence-corrected chi connectivity index (χ0v) is 15.5. The number of esters is 2. The molecule has 5 nitrogen and oxygen atoms in total. The second-order valence-electron chi connectivity index (χ2n) is 7.07. The monoisotopic (exact) mass is 337 g/mol. The summed E-state index contributed by atoms with van der Waals surface area (Å²) in [6, 6.07) is 2.51. The first-order chi connectivity index (χ1) is 11.4. The molecule has 0 aliphatic heterocycles. The van der Waals surface area contributed by atoms with Crippen molar-refractivity contribution in [2.24, 2.45) is 23.2 Å². The third kappa shape index (κ3) is 5.22. The topological polar surface area (TPSA) is 76.4 Å². The van der Waals surface area contributed by atoms with Gasteiger partial charge in [0.1, 0.15) is 0 Å². The quantitative estimate of drug-likeness (QED) is 0.597. The summed E-state index contributed by atoms with van der Waals surface area (Å²) < 4.78 is 10.2. The molecule has 0 spiro atoms. The number of hydrogen-bond acceptors (Lipinski definition) is 5. The van der Waals surface area contributed by atoms with E-state index >= 15 is 0 Å². The van der Waals surface area contributed by atoms with Gasteiger partial charge < -0.3 is 9.47 Å². The molecule has 0 heterocycles. The van der Waals surface area contributed by atoms with Gasteiger partial charge in [-0.15, -0.1) is 0 Å². The Morgan fingerprint density at radius 1 is 1.25 bits per heavy atom. The average molecular weight is 337 g/mol. The second kappa shape index (κ2) is 9.66. The molecule has 1 rings (SSSR count). The Bertz CT molecular complexity index is 468. The predicted molar refractivity (Wildman–Crippen MR) is 90.8 cm³/mol. The van der Waals surface area contributed by atoms with Crippen LogP contribution in [0.1, 0.15) is 66.2 Å². The smallest absolute Gasteiger partial charge is 0.309 e. The van der Waals surface area contributed by atoms with E-state index in [1.165, 1.54) is 0 Å². The average Bonchev–Trinajstić information content (AvgIpc) is 2.95. The molecule has 3 atom stereocenters. The fraction of sp³-hybridized carbons (Fsp3) is 0.842. The molecular weight excluding hydrogens is 306 g/mol. The summed E-state index contributed by atoms with van der Waals surface area (Å²) in [6.07, 6.45) is 4.20. The van der Waals surface area contributed by atoms with Crippen LogP contribution in [-0.4, -0.2) is 25.2 Å². The van der Waals surface area contributed by atoms with Gasteiger partial charge in [0.15, 0.2) is 0 Å². The molecule has 0 saturated heterocycles. The third-order valence-corrected chi connectivity index (χ3v) is 5.01. The number of hydrogen-bond donors (Lipinski definition) is 0. The van der Waals surface area contributed by atoms with E-state index in [1.54, 1.807) is 13.8 Å². The van der Waals surface area contributed by atoms with Crippen molar-refractivity contribution in [3.05, 3.63) is 0 Å². The highest BCUT2D eigenvalue weighted by Gasteiger charge is 2.49. The van der Waals surface area contributed by atoms with E-state index in [0.29, 0.717) is 5.92 Å². The van der Waals surface area contributed by atoms with E-state index in [0.717, 1.165) is 32.1 Å². The number of carbonyl (C=O) groups excluding carboxylic acids is 2. The highest BCUT2D eigenvalue weighted by Crippen LogP contribution is 2.51. The lowest BCUT2D eigenvalue weighted by molar-refractivity contribution is -0.158. The maximum absolute atomic E-state index is 12.5. The van der Waals surface area contributed by atoms with Crippen molar-refractivity contribution in [1.29, 1.82) is 5.26 Å². The summed E-state index contributed by atoms with van der Waals surface area (Å²) in [6.45, 7) is 8.33. The lowest BCUT2D eigenvalue weighted by atomic mass is 9.68. The fourth-order valence-electron chi connectivity index (χ4n) is 3.78. The molecule has 0 amide bonds. The first kappa shape index (κ1) is 20.5. The van der Waals surface area contributed by atoms with E-state index in [2.05, 4.69) is 19.9 Å². The molecular formula is C19H31NO4. The Morgan fingerprint density at radius 3 is 2.46 bits per heavy atom. The van der Waals surface area contributed by atoms with Crippen LogP contribution in [0.5, 0.6) is 0 Å². The Balaban J connectivity index is 3.02. The maximum Gasteiger partial charge on any atom is 0.309 e. The molecule has 1 aliphatic rings. The fourth-order valence-corrected chi connectivity index (χ4v) is 3.78. The lowest BCUT2D eigenvalue weighted by Crippen LogP contribution is -2.37. The van der Waals surface area contributed by atoms with Crippen LogP contribution in [0.4, 0.5) is 0 Å². The number of nitriles is 1. The summed E-state index contributed by atoms with van der Waals surface area (Å²) in [5, 5.41) is 9.88. The minimum atomic E-state index is -0.585. The molecule has 5 heteroatoms. The van der Waals surface area contributed by atoms with Crippen LogP contribution in [0.15, 0.2) is 0 Å². The number of nitrogens with zero attached hydrogens (tertiary/aromatic N) is 1. The van der Waals surface area contributed by atoms with Crippen molar-refractivity contribution in [1.82, 2.24) is 0 Å². The molecule has 0 aromatic heterocycles. The van der Waals surface area contributed by atoms with Crippen LogP contribution < -0.4 is 0 Å². The number of ether oxygens (including phenoxy) is 2. The van der Waals surface area contributed by atoms with Gasteiger partial charge in [0.2, 0.25) is 0 Å². The van der Waals surface area contributed by atoms with Crippen molar-refractivity contribution in [2.75, 3.05) is 13.2 Å². The largest absolute Gasteiger partial charge is 0.466 e. The summed E-state index contributed by atoms with van der Waals surface area (Å²) >= 11 is 0. The molecule has 1 aliphatic carbocycles. The molecule has 0 bridgehead atoms. The van der Waals surface area contributed by atoms with Crippen molar-refractivity contribution < 1.29 is 19.1 Å². The van der Waals surface area contributed by atoms with E-state index in [4.69, 9.17) is 9.47 Å². The Morgan fingerprint density at radius 2 is 1.92 bits per heavy atom. The first-order valence-corrected chi connectivity index (χ1v) is 9.13. The standard InChI is InChI=1S/C19H31NO4/c1-5-23-17(21)12-15(18(22)24-6-2)16-8-7-10-19(16,13-20)11-9-14(3)4/h14-16H,5-12H2,1-4H3. The molecule has 3 unspecified atom stereocenters. The molecule has 0 aromatic carbocycles. The zero-order chi connectivity index (χ0) is 18.2. The Kier molecular flexibility index (Phi) is 8.24. The lowest BCUT2D eigenvalue weighted by Gasteiger charge is -2.33. The molecule has 1 fully saturated rings. The predicted octanol–water partition coefficient (Wildman–Crippen LogP) is 3.87. The van der Waals surface area contributed by atoms with Gasteiger partial charge in [-0.2, -0.15) is 5.26 Å². The van der Waals surface area contributed by atoms with Gasteiger partial charge in [0.25, 0.3) is 0 Å². The van der Waals surface area contributed by atoms with Gasteiger partial charge in [-0.05, 0) is 51.4 Å².